The van der Waals surface area contributed by atoms with Crippen molar-refractivity contribution in [3.8, 4) is 0 Å². The number of ether oxygens (including phenoxy) is 1. The molecule has 1 aliphatic carbocycles. The molecule has 1 aromatic rings. The van der Waals surface area contributed by atoms with Crippen molar-refractivity contribution < 1.29 is 22.7 Å². The van der Waals surface area contributed by atoms with Crippen LogP contribution in [0.5, 0.6) is 0 Å². The summed E-state index contributed by atoms with van der Waals surface area (Å²) in [6.07, 6.45) is -1.47. The van der Waals surface area contributed by atoms with E-state index in [2.05, 4.69) is 4.74 Å². The van der Waals surface area contributed by atoms with Crippen molar-refractivity contribution in [3.63, 3.8) is 0 Å². The fourth-order valence-electron chi connectivity index (χ4n) is 2.81. The number of alkyl halides is 3. The minimum absolute atomic E-state index is 0.0231. The zero-order valence-corrected chi connectivity index (χ0v) is 13.0. The molecule has 0 saturated heterocycles. The number of carbonyl (C=O) groups excluding carboxylic acids is 1. The Morgan fingerprint density at radius 3 is 2.41 bits per heavy atom. The zero-order chi connectivity index (χ0) is 16.5. The summed E-state index contributed by atoms with van der Waals surface area (Å²) in [5.74, 6) is -0.741. The number of hydrogen-bond acceptors (Lipinski definition) is 3. The number of nitrogens with zero attached hydrogens (tertiary/aromatic N) is 1. The maximum atomic E-state index is 13.1. The van der Waals surface area contributed by atoms with E-state index in [1.807, 2.05) is 11.8 Å². The number of esters is 1. The van der Waals surface area contributed by atoms with Gasteiger partial charge in [-0.25, -0.2) is 4.79 Å². The lowest BCUT2D eigenvalue weighted by atomic mass is 9.90. The molecule has 1 aromatic carbocycles. The van der Waals surface area contributed by atoms with Crippen LogP contribution in [-0.4, -0.2) is 25.7 Å². The Kier molecular flexibility index (Phi) is 4.68. The normalized spacial score (nSPS) is 15.4. The van der Waals surface area contributed by atoms with Crippen molar-refractivity contribution in [2.75, 3.05) is 18.6 Å². The van der Waals surface area contributed by atoms with Gasteiger partial charge < -0.3 is 9.64 Å². The van der Waals surface area contributed by atoms with Crippen LogP contribution in [0.2, 0.25) is 0 Å². The molecule has 0 N–H and O–H groups in total. The molecule has 0 bridgehead atoms. The summed E-state index contributed by atoms with van der Waals surface area (Å²) in [5.41, 5.74) is 0.174. The lowest BCUT2D eigenvalue weighted by Crippen LogP contribution is -2.40. The van der Waals surface area contributed by atoms with Crippen LogP contribution in [0.1, 0.15) is 47.7 Å². The molecule has 122 valence electrons. The van der Waals surface area contributed by atoms with E-state index in [9.17, 15) is 18.0 Å². The highest BCUT2D eigenvalue weighted by Crippen LogP contribution is 2.38. The van der Waals surface area contributed by atoms with Gasteiger partial charge >= 0.3 is 12.1 Å². The van der Waals surface area contributed by atoms with Crippen LogP contribution in [0, 0.1) is 6.92 Å². The zero-order valence-electron chi connectivity index (χ0n) is 13.0. The SMILES string of the molecule is CCN(c1cc(C(F)(F)F)cc(C(=O)OC)c1C)C1CCC1. The summed E-state index contributed by atoms with van der Waals surface area (Å²) < 4.78 is 44.1. The molecule has 1 fully saturated rings. The van der Waals surface area contributed by atoms with E-state index in [0.717, 1.165) is 31.4 Å². The van der Waals surface area contributed by atoms with Crippen LogP contribution in [-0.2, 0) is 10.9 Å². The van der Waals surface area contributed by atoms with Crippen molar-refractivity contribution in [1.29, 1.82) is 0 Å². The highest BCUT2D eigenvalue weighted by Gasteiger charge is 2.34. The van der Waals surface area contributed by atoms with Crippen molar-refractivity contribution in [1.82, 2.24) is 0 Å². The summed E-state index contributed by atoms with van der Waals surface area (Å²) in [4.78, 5) is 13.8. The number of methoxy groups -OCH3 is 1. The fourth-order valence-corrected chi connectivity index (χ4v) is 2.81. The van der Waals surface area contributed by atoms with E-state index >= 15 is 0 Å². The van der Waals surface area contributed by atoms with E-state index < -0.39 is 17.7 Å². The number of rotatable bonds is 4. The number of benzene rings is 1. The highest BCUT2D eigenvalue weighted by molar-refractivity contribution is 5.93. The van der Waals surface area contributed by atoms with Gasteiger partial charge in [-0.05, 0) is 50.8 Å². The summed E-state index contributed by atoms with van der Waals surface area (Å²) in [6, 6.07) is 2.26. The third-order valence-electron chi connectivity index (χ3n) is 4.28. The van der Waals surface area contributed by atoms with E-state index in [1.165, 1.54) is 7.11 Å². The molecule has 0 unspecified atom stereocenters. The largest absolute Gasteiger partial charge is 0.465 e. The van der Waals surface area contributed by atoms with Gasteiger partial charge in [0.15, 0.2) is 0 Å². The van der Waals surface area contributed by atoms with Gasteiger partial charge in [-0.2, -0.15) is 13.2 Å². The Morgan fingerprint density at radius 1 is 1.36 bits per heavy atom. The van der Waals surface area contributed by atoms with Crippen molar-refractivity contribution in [2.24, 2.45) is 0 Å². The molecule has 0 radical (unpaired) electrons. The highest BCUT2D eigenvalue weighted by atomic mass is 19.4. The van der Waals surface area contributed by atoms with E-state index in [0.29, 0.717) is 17.8 Å². The molecule has 0 aliphatic heterocycles. The Morgan fingerprint density at radius 2 is 2.00 bits per heavy atom. The minimum Gasteiger partial charge on any atom is -0.465 e. The molecule has 0 spiro atoms. The van der Waals surface area contributed by atoms with Gasteiger partial charge in [0.25, 0.3) is 0 Å². The second-order valence-electron chi connectivity index (χ2n) is 5.53. The first-order chi connectivity index (χ1) is 10.3. The molecule has 0 amide bonds. The number of halogens is 3. The monoisotopic (exact) mass is 315 g/mol. The molecule has 3 nitrogen and oxygen atoms in total. The van der Waals surface area contributed by atoms with Crippen LogP contribution in [0.3, 0.4) is 0 Å². The van der Waals surface area contributed by atoms with E-state index in [4.69, 9.17) is 0 Å². The van der Waals surface area contributed by atoms with Gasteiger partial charge in [0.05, 0.1) is 18.2 Å². The smallest absolute Gasteiger partial charge is 0.416 e. The maximum Gasteiger partial charge on any atom is 0.416 e. The van der Waals surface area contributed by atoms with Crippen molar-refractivity contribution >= 4 is 11.7 Å². The molecule has 0 aromatic heterocycles. The minimum atomic E-state index is -4.50. The quantitative estimate of drug-likeness (QED) is 0.781. The standard InChI is InChI=1S/C16H20F3NO2/c1-4-20(12-6-5-7-12)14-9-11(16(17,18)19)8-13(10(14)2)15(21)22-3/h8-9,12H,4-7H2,1-3H3. The summed E-state index contributed by atoms with van der Waals surface area (Å²) in [7, 11) is 1.17. The summed E-state index contributed by atoms with van der Waals surface area (Å²) >= 11 is 0. The molecular weight excluding hydrogens is 295 g/mol. The van der Waals surface area contributed by atoms with E-state index in [1.54, 1.807) is 6.92 Å². The first-order valence-corrected chi connectivity index (χ1v) is 7.36. The number of carbonyl (C=O) groups is 1. The van der Waals surface area contributed by atoms with Gasteiger partial charge in [-0.3, -0.25) is 0 Å². The summed E-state index contributed by atoms with van der Waals surface area (Å²) in [6.45, 7) is 4.19. The average molecular weight is 315 g/mol. The second-order valence-corrected chi connectivity index (χ2v) is 5.53. The summed E-state index contributed by atoms with van der Waals surface area (Å²) in [5, 5.41) is 0. The Hall–Kier alpha value is -1.72. The Balaban J connectivity index is 2.57. The molecular formula is C16H20F3NO2. The first kappa shape index (κ1) is 16.6. The lowest BCUT2D eigenvalue weighted by Gasteiger charge is -2.40. The third-order valence-corrected chi connectivity index (χ3v) is 4.28. The first-order valence-electron chi connectivity index (χ1n) is 7.36. The van der Waals surface area contributed by atoms with Gasteiger partial charge in [-0.1, -0.05) is 0 Å². The maximum absolute atomic E-state index is 13.1. The topological polar surface area (TPSA) is 29.5 Å². The third kappa shape index (κ3) is 3.05. The van der Waals surface area contributed by atoms with Gasteiger partial charge in [0.2, 0.25) is 0 Å². The number of hydrogen-bond donors (Lipinski definition) is 0. The van der Waals surface area contributed by atoms with Crippen LogP contribution in [0.25, 0.3) is 0 Å². The molecule has 0 heterocycles. The lowest BCUT2D eigenvalue weighted by molar-refractivity contribution is -0.137. The number of anilines is 1. The van der Waals surface area contributed by atoms with Crippen LogP contribution in [0.4, 0.5) is 18.9 Å². The molecule has 22 heavy (non-hydrogen) atoms. The van der Waals surface area contributed by atoms with Crippen molar-refractivity contribution in [2.45, 2.75) is 45.3 Å². The predicted octanol–water partition coefficient (Wildman–Crippen LogP) is 4.18. The van der Waals surface area contributed by atoms with Crippen LogP contribution >= 0.6 is 0 Å². The molecule has 2 rings (SSSR count). The molecule has 1 saturated carbocycles. The van der Waals surface area contributed by atoms with E-state index in [-0.39, 0.29) is 11.6 Å². The van der Waals surface area contributed by atoms with Crippen LogP contribution in [0.15, 0.2) is 12.1 Å². The molecule has 0 atom stereocenters. The van der Waals surface area contributed by atoms with Gasteiger partial charge in [0.1, 0.15) is 0 Å². The second kappa shape index (κ2) is 6.18. The Bertz CT molecular complexity index is 565. The predicted molar refractivity (Wildman–Crippen MR) is 78.2 cm³/mol. The molecule has 6 heteroatoms. The van der Waals surface area contributed by atoms with Crippen LogP contribution < -0.4 is 4.90 Å². The van der Waals surface area contributed by atoms with Crippen molar-refractivity contribution in [3.05, 3.63) is 28.8 Å². The molecule has 1 aliphatic rings. The fraction of sp³-hybridized carbons (Fsp3) is 0.562. The Labute approximate surface area is 128 Å². The van der Waals surface area contributed by atoms with Gasteiger partial charge in [-0.15, -0.1) is 0 Å². The van der Waals surface area contributed by atoms with Gasteiger partial charge in [0, 0.05) is 18.3 Å². The average Bonchev–Trinajstić information content (AvgIpc) is 2.41.